The minimum Gasteiger partial charge on any atom is -0.481 e. The van der Waals surface area contributed by atoms with E-state index in [-0.39, 0.29) is 0 Å². The molecule has 0 rings (SSSR count). The fourth-order valence-corrected chi connectivity index (χ4v) is 1.77. The van der Waals surface area contributed by atoms with Crippen molar-refractivity contribution in [1.82, 2.24) is 0 Å². The molecule has 0 amide bonds. The van der Waals surface area contributed by atoms with Gasteiger partial charge in [-0.05, 0) is 0 Å². The SMILES string of the molecule is O=C(O)CC(O)(CC(=O)OC(=O)C(=O)OC(=O)CC(O)(CC(=O)O)C(=O)O)C(=O)O.O=P(O)(O)O. The van der Waals surface area contributed by atoms with Crippen LogP contribution in [0.2, 0.25) is 0 Å². The van der Waals surface area contributed by atoms with Crippen LogP contribution in [-0.4, -0.2) is 104 Å². The Morgan fingerprint density at radius 3 is 0.971 bits per heavy atom. The number of rotatable bonds is 10. The summed E-state index contributed by atoms with van der Waals surface area (Å²) < 4.78 is 16.5. The van der Waals surface area contributed by atoms with Crippen LogP contribution in [0.1, 0.15) is 25.7 Å². The van der Waals surface area contributed by atoms with Gasteiger partial charge in [0.15, 0.2) is 11.2 Å². The van der Waals surface area contributed by atoms with Gasteiger partial charge in [-0.2, -0.15) is 0 Å². The number of aliphatic hydroxyl groups is 2. The van der Waals surface area contributed by atoms with Crippen LogP contribution in [0.15, 0.2) is 0 Å². The van der Waals surface area contributed by atoms with E-state index in [0.717, 1.165) is 0 Å². The van der Waals surface area contributed by atoms with Gasteiger partial charge < -0.3 is 54.8 Å². The third-order valence-corrected chi connectivity index (χ3v) is 3.14. The maximum absolute atomic E-state index is 11.4. The molecular weight excluding hydrogens is 519 g/mol. The van der Waals surface area contributed by atoms with E-state index < -0.39 is 92.5 Å². The normalized spacial score (nSPS) is 14.0. The second-order valence-corrected chi connectivity index (χ2v) is 7.23. The molecule has 0 radical (unpaired) electrons. The number of esters is 4. The number of carbonyl (C=O) groups is 8. The van der Waals surface area contributed by atoms with Gasteiger partial charge in [0.05, 0.1) is 25.7 Å². The summed E-state index contributed by atoms with van der Waals surface area (Å²) in [6.07, 6.45) is -6.16. The number of phosphoric acid groups is 1. The summed E-state index contributed by atoms with van der Waals surface area (Å²) in [6.45, 7) is 0. The number of hydrogen-bond acceptors (Lipinski definition) is 13. The fraction of sp³-hybridized carbons (Fsp3) is 0.429. The zero-order valence-electron chi connectivity index (χ0n) is 16.8. The van der Waals surface area contributed by atoms with Crippen LogP contribution in [0.3, 0.4) is 0 Å². The largest absolute Gasteiger partial charge is 0.481 e. The molecule has 0 saturated carbocycles. The van der Waals surface area contributed by atoms with E-state index >= 15 is 0 Å². The zero-order chi connectivity index (χ0) is 28.4. The van der Waals surface area contributed by atoms with Gasteiger partial charge in [0.2, 0.25) is 0 Å². The summed E-state index contributed by atoms with van der Waals surface area (Å²) in [6, 6.07) is 0. The number of carboxylic acid groups (broad SMARTS) is 4. The Morgan fingerprint density at radius 2 is 0.800 bits per heavy atom. The smallest absolute Gasteiger partial charge is 0.466 e. The van der Waals surface area contributed by atoms with Gasteiger partial charge in [0, 0.05) is 0 Å². The lowest BCUT2D eigenvalue weighted by Crippen LogP contribution is -2.44. The highest BCUT2D eigenvalue weighted by atomic mass is 31.2. The second-order valence-electron chi connectivity index (χ2n) is 6.20. The van der Waals surface area contributed by atoms with E-state index in [1.165, 1.54) is 0 Å². The molecular formula is C14H17O20P. The average molecular weight is 536 g/mol. The van der Waals surface area contributed by atoms with E-state index in [2.05, 4.69) is 9.47 Å². The van der Waals surface area contributed by atoms with E-state index in [1.807, 2.05) is 0 Å². The molecule has 20 nitrogen and oxygen atoms in total. The quantitative estimate of drug-likeness (QED) is 0.0550. The zero-order valence-corrected chi connectivity index (χ0v) is 17.7. The van der Waals surface area contributed by atoms with Gasteiger partial charge in [0.1, 0.15) is 0 Å². The molecule has 35 heavy (non-hydrogen) atoms. The van der Waals surface area contributed by atoms with Crippen molar-refractivity contribution in [3.05, 3.63) is 0 Å². The van der Waals surface area contributed by atoms with E-state index in [0.29, 0.717) is 0 Å². The van der Waals surface area contributed by atoms with Crippen molar-refractivity contribution in [1.29, 1.82) is 0 Å². The van der Waals surface area contributed by atoms with Crippen molar-refractivity contribution in [2.75, 3.05) is 0 Å². The first-order valence-corrected chi connectivity index (χ1v) is 9.72. The molecule has 0 saturated heterocycles. The molecule has 0 fully saturated rings. The molecule has 0 aliphatic heterocycles. The number of aliphatic carboxylic acids is 4. The van der Waals surface area contributed by atoms with Gasteiger partial charge >= 0.3 is 55.6 Å². The third kappa shape index (κ3) is 14.9. The Morgan fingerprint density at radius 1 is 0.571 bits per heavy atom. The fourth-order valence-electron chi connectivity index (χ4n) is 1.77. The lowest BCUT2D eigenvalue weighted by molar-refractivity contribution is -0.183. The van der Waals surface area contributed by atoms with Crippen LogP contribution >= 0.6 is 7.82 Å². The molecule has 0 heterocycles. The summed E-state index contributed by atoms with van der Waals surface area (Å²) in [7, 11) is -4.64. The molecule has 0 aromatic heterocycles. The summed E-state index contributed by atoms with van der Waals surface area (Å²) in [5, 5.41) is 53.7. The van der Waals surface area contributed by atoms with Crippen molar-refractivity contribution in [3.8, 4) is 0 Å². The molecule has 9 N–H and O–H groups in total. The molecule has 0 bridgehead atoms. The Balaban J connectivity index is 0. The maximum atomic E-state index is 11.4. The van der Waals surface area contributed by atoms with Crippen LogP contribution in [0.5, 0.6) is 0 Å². The highest BCUT2D eigenvalue weighted by molar-refractivity contribution is 7.45. The molecule has 0 aliphatic rings. The monoisotopic (exact) mass is 536 g/mol. The summed E-state index contributed by atoms with van der Waals surface area (Å²) >= 11 is 0. The van der Waals surface area contributed by atoms with Crippen LogP contribution in [0, 0.1) is 0 Å². The van der Waals surface area contributed by atoms with Crippen molar-refractivity contribution in [2.45, 2.75) is 36.9 Å². The molecule has 0 spiro atoms. The number of ether oxygens (including phenoxy) is 2. The molecule has 0 aromatic rings. The van der Waals surface area contributed by atoms with Gasteiger partial charge in [-0.25, -0.2) is 23.7 Å². The van der Waals surface area contributed by atoms with E-state index in [1.54, 1.807) is 0 Å². The van der Waals surface area contributed by atoms with Gasteiger partial charge in [-0.1, -0.05) is 0 Å². The molecule has 21 heteroatoms. The Bertz CT molecular complexity index is 871. The van der Waals surface area contributed by atoms with Crippen molar-refractivity contribution in [2.24, 2.45) is 0 Å². The van der Waals surface area contributed by atoms with Gasteiger partial charge in [0.25, 0.3) is 0 Å². The molecule has 0 aromatic carbocycles. The summed E-state index contributed by atoms with van der Waals surface area (Å²) in [4.78, 5) is 110. The summed E-state index contributed by atoms with van der Waals surface area (Å²) in [5.41, 5.74) is -6.39. The minimum absolute atomic E-state index is 1.48. The standard InChI is InChI=1S/C14H14O16.H3O4P/c15-5(16)1-13(27,11(23)24)3-7(19)29-9(21)10(22)30-8(20)4-14(28,12(25)26)2-6(17)18;1-5(2,3)4/h27-28H,1-4H2,(H,15,16)(H,17,18)(H,23,24)(H,25,26);(H3,1,2,3,4). The maximum Gasteiger partial charge on any atom is 0.466 e. The first kappa shape index (κ1) is 33.4. The number of carboxylic acids is 4. The molecule has 0 aliphatic carbocycles. The highest BCUT2D eigenvalue weighted by Gasteiger charge is 2.44. The van der Waals surface area contributed by atoms with Crippen molar-refractivity contribution >= 4 is 55.6 Å². The van der Waals surface area contributed by atoms with Crippen LogP contribution in [0.25, 0.3) is 0 Å². The van der Waals surface area contributed by atoms with Crippen LogP contribution < -0.4 is 0 Å². The lowest BCUT2D eigenvalue weighted by Gasteiger charge is -2.20. The second kappa shape index (κ2) is 13.2. The van der Waals surface area contributed by atoms with Crippen molar-refractivity contribution in [3.63, 3.8) is 0 Å². The van der Waals surface area contributed by atoms with E-state index in [4.69, 9.17) is 39.7 Å². The number of hydrogen-bond donors (Lipinski definition) is 9. The Labute approximate surface area is 191 Å². The predicted molar refractivity (Wildman–Crippen MR) is 95.4 cm³/mol. The highest BCUT2D eigenvalue weighted by Crippen LogP contribution is 2.25. The van der Waals surface area contributed by atoms with Crippen LogP contribution in [-0.2, 0) is 52.4 Å². The van der Waals surface area contributed by atoms with Crippen molar-refractivity contribution < 1.29 is 97.7 Å². The van der Waals surface area contributed by atoms with Crippen LogP contribution in [0.4, 0.5) is 0 Å². The molecule has 198 valence electrons. The third-order valence-electron chi connectivity index (χ3n) is 3.14. The minimum atomic E-state index is -4.64. The summed E-state index contributed by atoms with van der Waals surface area (Å²) in [5.74, 6) is -16.3. The van der Waals surface area contributed by atoms with Gasteiger partial charge in [-0.3, -0.25) is 19.2 Å². The first-order valence-electron chi connectivity index (χ1n) is 8.15. The van der Waals surface area contributed by atoms with Gasteiger partial charge in [-0.15, -0.1) is 0 Å². The number of carbonyl (C=O) groups excluding carboxylic acids is 4. The predicted octanol–water partition coefficient (Wildman–Crippen LogP) is -4.44. The molecule has 2 atom stereocenters. The Hall–Kier alpha value is -3.81. The lowest BCUT2D eigenvalue weighted by atomic mass is 9.96. The topological polar surface area (TPSA) is 354 Å². The average Bonchev–Trinajstić information content (AvgIpc) is 2.57. The first-order chi connectivity index (χ1) is 15.5. The molecule has 2 unspecified atom stereocenters. The Kier molecular flexibility index (Phi) is 12.6. The van der Waals surface area contributed by atoms with E-state index in [9.17, 15) is 48.6 Å².